The number of piperidine rings is 1. The van der Waals surface area contributed by atoms with Gasteiger partial charge in [-0.15, -0.1) is 0 Å². The molecule has 1 saturated heterocycles. The average molecular weight is 300 g/mol. The third kappa shape index (κ3) is 3.10. The van der Waals surface area contributed by atoms with Gasteiger partial charge in [-0.25, -0.2) is 0 Å². The molecule has 1 fully saturated rings. The van der Waals surface area contributed by atoms with Gasteiger partial charge in [-0.1, -0.05) is 29.8 Å². The second kappa shape index (κ2) is 5.53. The molecule has 0 bridgehead atoms. The molecule has 4 heteroatoms. The maximum absolute atomic E-state index is 4.51. The zero-order chi connectivity index (χ0) is 12.4. The summed E-state index contributed by atoms with van der Waals surface area (Å²) in [7, 11) is 2.05. The van der Waals surface area contributed by atoms with E-state index < -0.39 is 0 Å². The maximum Gasteiger partial charge on any atom is 0.0625 e. The fraction of sp³-hybridized carbons (Fsp3) is 0.769. The molecule has 0 aliphatic carbocycles. The SMILES string of the molecule is CCc1cc(CN2CCC(C)C(Br)C2)n(C)n1. The highest BCUT2D eigenvalue weighted by molar-refractivity contribution is 9.09. The average Bonchev–Trinajstić information content (AvgIpc) is 2.65. The molecule has 1 aliphatic heterocycles. The van der Waals surface area contributed by atoms with E-state index in [-0.39, 0.29) is 0 Å². The Bertz CT molecular complexity index is 375. The van der Waals surface area contributed by atoms with Crippen LogP contribution in [0.2, 0.25) is 0 Å². The third-order valence-electron chi connectivity index (χ3n) is 3.73. The molecule has 0 amide bonds. The van der Waals surface area contributed by atoms with Crippen molar-refractivity contribution < 1.29 is 0 Å². The summed E-state index contributed by atoms with van der Waals surface area (Å²) < 4.78 is 2.03. The van der Waals surface area contributed by atoms with Crippen LogP contribution in [0.1, 0.15) is 31.7 Å². The summed E-state index contributed by atoms with van der Waals surface area (Å²) in [5, 5.41) is 4.51. The van der Waals surface area contributed by atoms with E-state index in [2.05, 4.69) is 45.8 Å². The molecule has 96 valence electrons. The zero-order valence-electron chi connectivity index (χ0n) is 11.0. The number of rotatable bonds is 3. The lowest BCUT2D eigenvalue weighted by Gasteiger charge is -2.34. The standard InChI is InChI=1S/C13H22BrN3/c1-4-11-7-12(16(3)15-11)8-17-6-5-10(2)13(14)9-17/h7,10,13H,4-6,8-9H2,1-3H3. The van der Waals surface area contributed by atoms with Crippen molar-refractivity contribution in [1.82, 2.24) is 14.7 Å². The van der Waals surface area contributed by atoms with Crippen molar-refractivity contribution in [2.75, 3.05) is 13.1 Å². The van der Waals surface area contributed by atoms with Gasteiger partial charge in [0.15, 0.2) is 0 Å². The maximum atomic E-state index is 4.51. The van der Waals surface area contributed by atoms with Gasteiger partial charge in [-0.2, -0.15) is 5.10 Å². The molecule has 1 aromatic heterocycles. The molecule has 1 aliphatic rings. The van der Waals surface area contributed by atoms with Gasteiger partial charge in [-0.3, -0.25) is 9.58 Å². The van der Waals surface area contributed by atoms with Gasteiger partial charge in [0.05, 0.1) is 11.4 Å². The van der Waals surface area contributed by atoms with Gasteiger partial charge >= 0.3 is 0 Å². The van der Waals surface area contributed by atoms with Gasteiger partial charge in [0.2, 0.25) is 0 Å². The number of nitrogens with zero attached hydrogens (tertiary/aromatic N) is 3. The van der Waals surface area contributed by atoms with E-state index in [9.17, 15) is 0 Å². The van der Waals surface area contributed by atoms with Gasteiger partial charge < -0.3 is 0 Å². The summed E-state index contributed by atoms with van der Waals surface area (Å²) in [6.07, 6.45) is 2.31. The van der Waals surface area contributed by atoms with Gasteiger partial charge in [0.1, 0.15) is 0 Å². The lowest BCUT2D eigenvalue weighted by atomic mass is 9.99. The highest BCUT2D eigenvalue weighted by Gasteiger charge is 2.24. The van der Waals surface area contributed by atoms with Crippen molar-refractivity contribution in [3.05, 3.63) is 17.5 Å². The molecule has 2 heterocycles. The first-order valence-electron chi connectivity index (χ1n) is 6.48. The predicted octanol–water partition coefficient (Wildman–Crippen LogP) is 2.59. The Morgan fingerprint density at radius 2 is 2.29 bits per heavy atom. The highest BCUT2D eigenvalue weighted by Crippen LogP contribution is 2.24. The summed E-state index contributed by atoms with van der Waals surface area (Å²) in [5.74, 6) is 0.795. The van der Waals surface area contributed by atoms with Crippen molar-refractivity contribution in [3.63, 3.8) is 0 Å². The van der Waals surface area contributed by atoms with E-state index in [1.807, 2.05) is 11.7 Å². The van der Waals surface area contributed by atoms with E-state index >= 15 is 0 Å². The van der Waals surface area contributed by atoms with Crippen molar-refractivity contribution in [2.45, 2.75) is 38.1 Å². The molecule has 3 nitrogen and oxygen atoms in total. The smallest absolute Gasteiger partial charge is 0.0625 e. The van der Waals surface area contributed by atoms with Crippen LogP contribution in [0.25, 0.3) is 0 Å². The molecule has 17 heavy (non-hydrogen) atoms. The molecular formula is C13H22BrN3. The first kappa shape index (κ1) is 13.1. The van der Waals surface area contributed by atoms with E-state index in [0.29, 0.717) is 4.83 Å². The second-order valence-corrected chi connectivity index (χ2v) is 6.30. The number of alkyl halides is 1. The number of halogens is 1. The fourth-order valence-electron chi connectivity index (χ4n) is 2.35. The minimum absolute atomic E-state index is 0.634. The van der Waals surface area contributed by atoms with Crippen LogP contribution >= 0.6 is 15.9 Å². The van der Waals surface area contributed by atoms with Crippen LogP contribution in [0.3, 0.4) is 0 Å². The Labute approximate surface area is 112 Å². The summed E-state index contributed by atoms with van der Waals surface area (Å²) >= 11 is 3.78. The lowest BCUT2D eigenvalue weighted by Crippen LogP contribution is -2.39. The molecule has 2 rings (SSSR count). The van der Waals surface area contributed by atoms with Crippen LogP contribution in [-0.2, 0) is 20.0 Å². The minimum Gasteiger partial charge on any atom is -0.296 e. The van der Waals surface area contributed by atoms with E-state index in [0.717, 1.165) is 25.4 Å². The summed E-state index contributed by atoms with van der Waals surface area (Å²) in [6, 6.07) is 2.24. The molecule has 2 atom stereocenters. The van der Waals surface area contributed by atoms with Crippen molar-refractivity contribution in [3.8, 4) is 0 Å². The number of hydrogen-bond donors (Lipinski definition) is 0. The molecule has 2 unspecified atom stereocenters. The van der Waals surface area contributed by atoms with Crippen molar-refractivity contribution in [1.29, 1.82) is 0 Å². The van der Waals surface area contributed by atoms with Crippen LogP contribution in [0, 0.1) is 5.92 Å². The van der Waals surface area contributed by atoms with Crippen LogP contribution in [0.5, 0.6) is 0 Å². The predicted molar refractivity (Wildman–Crippen MR) is 74.4 cm³/mol. The fourth-order valence-corrected chi connectivity index (χ4v) is 3.02. The first-order chi connectivity index (χ1) is 8.10. The van der Waals surface area contributed by atoms with Crippen LogP contribution in [0.15, 0.2) is 6.07 Å². The number of likely N-dealkylation sites (tertiary alicyclic amines) is 1. The Hall–Kier alpha value is -0.350. The van der Waals surface area contributed by atoms with E-state index in [4.69, 9.17) is 0 Å². The molecule has 0 spiro atoms. The Morgan fingerprint density at radius 3 is 2.88 bits per heavy atom. The molecule has 0 N–H and O–H groups in total. The van der Waals surface area contributed by atoms with Gasteiger partial charge in [0, 0.05) is 25.0 Å². The summed E-state index contributed by atoms with van der Waals surface area (Å²) in [4.78, 5) is 3.16. The van der Waals surface area contributed by atoms with Gasteiger partial charge in [0.25, 0.3) is 0 Å². The third-order valence-corrected chi connectivity index (χ3v) is 4.92. The molecule has 0 aromatic carbocycles. The second-order valence-electron chi connectivity index (χ2n) is 5.12. The zero-order valence-corrected chi connectivity index (χ0v) is 12.6. The Kier molecular flexibility index (Phi) is 4.26. The van der Waals surface area contributed by atoms with Crippen molar-refractivity contribution >= 4 is 15.9 Å². The normalized spacial score (nSPS) is 26.4. The highest BCUT2D eigenvalue weighted by atomic mass is 79.9. The molecule has 0 saturated carbocycles. The summed E-state index contributed by atoms with van der Waals surface area (Å²) in [5.41, 5.74) is 2.53. The van der Waals surface area contributed by atoms with Gasteiger partial charge in [-0.05, 0) is 31.4 Å². The molecule has 1 aromatic rings. The van der Waals surface area contributed by atoms with E-state index in [1.54, 1.807) is 0 Å². The van der Waals surface area contributed by atoms with Crippen LogP contribution in [0.4, 0.5) is 0 Å². The molecular weight excluding hydrogens is 278 g/mol. The molecule has 0 radical (unpaired) electrons. The largest absolute Gasteiger partial charge is 0.296 e. The quantitative estimate of drug-likeness (QED) is 0.800. The van der Waals surface area contributed by atoms with Crippen LogP contribution in [-0.4, -0.2) is 32.6 Å². The van der Waals surface area contributed by atoms with Crippen molar-refractivity contribution in [2.24, 2.45) is 13.0 Å². The van der Waals surface area contributed by atoms with Crippen LogP contribution < -0.4 is 0 Å². The number of aromatic nitrogens is 2. The topological polar surface area (TPSA) is 21.1 Å². The first-order valence-corrected chi connectivity index (χ1v) is 7.40. The lowest BCUT2D eigenvalue weighted by molar-refractivity contribution is 0.190. The number of aryl methyl sites for hydroxylation is 2. The monoisotopic (exact) mass is 299 g/mol. The van der Waals surface area contributed by atoms with E-state index in [1.165, 1.54) is 24.4 Å². The Morgan fingerprint density at radius 1 is 1.53 bits per heavy atom. The summed E-state index contributed by atoms with van der Waals surface area (Å²) in [6.45, 7) is 7.86. The number of hydrogen-bond acceptors (Lipinski definition) is 2. The minimum atomic E-state index is 0.634. The Balaban J connectivity index is 1.98.